The Bertz CT molecular complexity index is 328. The van der Waals surface area contributed by atoms with Crippen LogP contribution in [-0.4, -0.2) is 35.5 Å². The van der Waals surface area contributed by atoms with Gasteiger partial charge in [-0.05, 0) is 37.7 Å². The molecule has 0 spiro atoms. The molecular weight excluding hydrogens is 274 g/mol. The summed E-state index contributed by atoms with van der Waals surface area (Å²) < 4.78 is 0. The minimum Gasteiger partial charge on any atom is -0.409 e. The molecule has 1 amide bonds. The minimum absolute atomic E-state index is 0.0625. The molecule has 4 N–H and O–H groups in total. The highest BCUT2D eigenvalue weighted by Crippen LogP contribution is 2.38. The number of thioether (sulfide) groups is 1. The summed E-state index contributed by atoms with van der Waals surface area (Å²) in [7, 11) is 0. The second kappa shape index (κ2) is 9.10. The van der Waals surface area contributed by atoms with E-state index in [1.807, 2.05) is 11.8 Å². The smallest absolute Gasteiger partial charge is 0.233 e. The number of amides is 1. The molecule has 5 nitrogen and oxygen atoms in total. The summed E-state index contributed by atoms with van der Waals surface area (Å²) >= 11 is 1.87. The first-order valence-electron chi connectivity index (χ1n) is 7.42. The molecule has 0 atom stereocenters. The van der Waals surface area contributed by atoms with Crippen molar-refractivity contribution in [3.8, 4) is 0 Å². The van der Waals surface area contributed by atoms with Crippen molar-refractivity contribution in [2.24, 2.45) is 16.3 Å². The zero-order chi connectivity index (χ0) is 14.8. The molecule has 0 saturated heterocycles. The number of nitrogens with zero attached hydrogens (tertiary/aromatic N) is 1. The summed E-state index contributed by atoms with van der Waals surface area (Å²) in [4.78, 5) is 12.3. The summed E-state index contributed by atoms with van der Waals surface area (Å²) in [6.07, 6.45) is 9.98. The van der Waals surface area contributed by atoms with Crippen molar-refractivity contribution >= 4 is 23.5 Å². The fourth-order valence-electron chi connectivity index (χ4n) is 2.77. The minimum atomic E-state index is -0.770. The topological polar surface area (TPSA) is 87.7 Å². The third-order valence-corrected chi connectivity index (χ3v) is 4.75. The lowest BCUT2D eigenvalue weighted by atomic mass is 9.84. The van der Waals surface area contributed by atoms with Crippen LogP contribution in [0, 0.1) is 5.41 Å². The summed E-state index contributed by atoms with van der Waals surface area (Å²) in [6, 6.07) is 0. The van der Waals surface area contributed by atoms with Gasteiger partial charge in [-0.15, -0.1) is 0 Å². The molecule has 1 aliphatic carbocycles. The molecule has 0 aliphatic heterocycles. The van der Waals surface area contributed by atoms with Crippen LogP contribution in [0.5, 0.6) is 0 Å². The zero-order valence-corrected chi connectivity index (χ0v) is 13.2. The van der Waals surface area contributed by atoms with Gasteiger partial charge in [-0.25, -0.2) is 0 Å². The molecule has 116 valence electrons. The van der Waals surface area contributed by atoms with Crippen LogP contribution >= 0.6 is 11.8 Å². The number of hydrogen-bond acceptors (Lipinski definition) is 4. The number of nitrogens with one attached hydrogen (secondary N) is 1. The van der Waals surface area contributed by atoms with Crippen molar-refractivity contribution in [1.29, 1.82) is 0 Å². The summed E-state index contributed by atoms with van der Waals surface area (Å²) in [5.41, 5.74) is 4.97. The first-order chi connectivity index (χ1) is 9.67. The van der Waals surface area contributed by atoms with E-state index in [1.165, 1.54) is 18.6 Å². The van der Waals surface area contributed by atoms with E-state index in [0.717, 1.165) is 25.7 Å². The fourth-order valence-corrected chi connectivity index (χ4v) is 3.26. The molecule has 1 aliphatic rings. The summed E-state index contributed by atoms with van der Waals surface area (Å²) in [5, 5.41) is 14.9. The summed E-state index contributed by atoms with van der Waals surface area (Å²) in [6.45, 7) is 0.679. The van der Waals surface area contributed by atoms with Gasteiger partial charge in [0.2, 0.25) is 5.91 Å². The molecule has 0 radical (unpaired) electrons. The molecule has 20 heavy (non-hydrogen) atoms. The molecule has 0 unspecified atom stereocenters. The highest BCUT2D eigenvalue weighted by molar-refractivity contribution is 7.98. The quantitative estimate of drug-likeness (QED) is 0.200. The molecule has 1 saturated carbocycles. The summed E-state index contributed by atoms with van der Waals surface area (Å²) in [5.74, 6) is 1.20. The Morgan fingerprint density at radius 2 is 1.95 bits per heavy atom. The highest BCUT2D eigenvalue weighted by atomic mass is 32.2. The number of carbonyl (C=O) groups is 1. The Hall–Kier alpha value is -0.910. The van der Waals surface area contributed by atoms with E-state index in [-0.39, 0.29) is 11.7 Å². The molecular formula is C14H27N3O2S. The number of amidine groups is 1. The lowest BCUT2D eigenvalue weighted by Crippen LogP contribution is -2.48. The predicted molar refractivity (Wildman–Crippen MR) is 84.2 cm³/mol. The predicted octanol–water partition coefficient (Wildman–Crippen LogP) is 2.33. The second-order valence-corrected chi connectivity index (χ2v) is 6.42. The lowest BCUT2D eigenvalue weighted by molar-refractivity contribution is -0.127. The highest BCUT2D eigenvalue weighted by Gasteiger charge is 2.45. The first-order valence-corrected chi connectivity index (χ1v) is 8.82. The maximum atomic E-state index is 12.3. The van der Waals surface area contributed by atoms with Crippen molar-refractivity contribution in [3.63, 3.8) is 0 Å². The van der Waals surface area contributed by atoms with Gasteiger partial charge in [0.25, 0.3) is 0 Å². The van der Waals surface area contributed by atoms with Gasteiger partial charge in [-0.3, -0.25) is 4.79 Å². The van der Waals surface area contributed by atoms with Gasteiger partial charge in [-0.1, -0.05) is 30.8 Å². The van der Waals surface area contributed by atoms with Crippen molar-refractivity contribution in [2.45, 2.75) is 51.4 Å². The average molecular weight is 301 g/mol. The number of oxime groups is 1. The van der Waals surface area contributed by atoms with Crippen molar-refractivity contribution in [2.75, 3.05) is 18.6 Å². The Labute approximate surface area is 125 Å². The normalized spacial score (nSPS) is 18.1. The van der Waals surface area contributed by atoms with Crippen LogP contribution in [0.1, 0.15) is 51.4 Å². The van der Waals surface area contributed by atoms with Crippen LogP contribution in [0.15, 0.2) is 5.16 Å². The van der Waals surface area contributed by atoms with E-state index in [0.29, 0.717) is 19.4 Å². The van der Waals surface area contributed by atoms with E-state index in [1.54, 1.807) is 0 Å². The van der Waals surface area contributed by atoms with Gasteiger partial charge in [0.15, 0.2) is 5.84 Å². The third-order valence-electron chi connectivity index (χ3n) is 4.05. The molecule has 0 aromatic heterocycles. The Morgan fingerprint density at radius 3 is 2.55 bits per heavy atom. The molecule has 1 fully saturated rings. The molecule has 0 aromatic carbocycles. The molecule has 0 heterocycles. The Kier molecular flexibility index (Phi) is 7.80. The molecule has 6 heteroatoms. The second-order valence-electron chi connectivity index (χ2n) is 5.44. The van der Waals surface area contributed by atoms with Crippen molar-refractivity contribution in [1.82, 2.24) is 5.32 Å². The van der Waals surface area contributed by atoms with Gasteiger partial charge in [0.05, 0.1) is 0 Å². The molecule has 0 aromatic rings. The number of hydrogen-bond donors (Lipinski definition) is 3. The van der Waals surface area contributed by atoms with Crippen LogP contribution in [0.25, 0.3) is 0 Å². The van der Waals surface area contributed by atoms with E-state index in [4.69, 9.17) is 10.9 Å². The van der Waals surface area contributed by atoms with Gasteiger partial charge < -0.3 is 16.3 Å². The third kappa shape index (κ3) is 4.58. The maximum Gasteiger partial charge on any atom is 0.233 e. The van der Waals surface area contributed by atoms with Gasteiger partial charge in [-0.2, -0.15) is 11.8 Å². The van der Waals surface area contributed by atoms with Gasteiger partial charge >= 0.3 is 0 Å². The van der Waals surface area contributed by atoms with Crippen molar-refractivity contribution in [3.05, 3.63) is 0 Å². The van der Waals surface area contributed by atoms with E-state index in [9.17, 15) is 4.79 Å². The number of rotatable bonds is 9. The standard InChI is InChI=1S/C14H27N3O2S/c1-20-11-7-3-2-6-10-16-13(18)14(12(15)17-19)8-4-5-9-14/h19H,2-11H2,1H3,(H2,15,17)(H,16,18). The Balaban J connectivity index is 2.30. The lowest BCUT2D eigenvalue weighted by Gasteiger charge is -2.25. The number of carbonyl (C=O) groups excluding carboxylic acids is 1. The van der Waals surface area contributed by atoms with Crippen LogP contribution in [-0.2, 0) is 4.79 Å². The fraction of sp³-hybridized carbons (Fsp3) is 0.857. The monoisotopic (exact) mass is 301 g/mol. The molecule has 0 bridgehead atoms. The molecule has 1 rings (SSSR count). The zero-order valence-electron chi connectivity index (χ0n) is 12.4. The number of unbranched alkanes of at least 4 members (excludes halogenated alkanes) is 3. The van der Waals surface area contributed by atoms with Crippen LogP contribution in [0.3, 0.4) is 0 Å². The van der Waals surface area contributed by atoms with Gasteiger partial charge in [0, 0.05) is 6.54 Å². The largest absolute Gasteiger partial charge is 0.409 e. The van der Waals surface area contributed by atoms with Crippen LogP contribution in [0.4, 0.5) is 0 Å². The number of nitrogens with two attached hydrogens (primary N) is 1. The van der Waals surface area contributed by atoms with Crippen LogP contribution < -0.4 is 11.1 Å². The van der Waals surface area contributed by atoms with E-state index < -0.39 is 5.41 Å². The van der Waals surface area contributed by atoms with Gasteiger partial charge in [0.1, 0.15) is 5.41 Å². The van der Waals surface area contributed by atoms with E-state index in [2.05, 4.69) is 16.7 Å². The SMILES string of the molecule is CSCCCCCCNC(=O)C1(C(N)=NO)CCCC1. The van der Waals surface area contributed by atoms with Crippen molar-refractivity contribution < 1.29 is 10.0 Å². The average Bonchev–Trinajstić information content (AvgIpc) is 2.96. The first kappa shape index (κ1) is 17.1. The maximum absolute atomic E-state index is 12.3. The van der Waals surface area contributed by atoms with Crippen LogP contribution in [0.2, 0.25) is 0 Å². The Morgan fingerprint density at radius 1 is 1.30 bits per heavy atom. The van der Waals surface area contributed by atoms with E-state index >= 15 is 0 Å².